The fraction of sp³-hybridized carbons (Fsp3) is 0.208. The van der Waals surface area contributed by atoms with Gasteiger partial charge in [-0.05, 0) is 35.2 Å². The quantitative estimate of drug-likeness (QED) is 0.531. The van der Waals surface area contributed by atoms with Crippen molar-refractivity contribution in [3.8, 4) is 0 Å². The highest BCUT2D eigenvalue weighted by molar-refractivity contribution is 6.12. The first kappa shape index (κ1) is 18.9. The smallest absolute Gasteiger partial charge is 0.319 e. The van der Waals surface area contributed by atoms with E-state index in [9.17, 15) is 14.4 Å². The zero-order valence-corrected chi connectivity index (χ0v) is 16.4. The Kier molecular flexibility index (Phi) is 4.66. The molecule has 1 aliphatic heterocycles. The summed E-state index contributed by atoms with van der Waals surface area (Å²) in [5, 5.41) is 4.68. The molecule has 1 atom stereocenters. The molecule has 3 amide bonds. The average Bonchev–Trinajstić information content (AvgIpc) is 2.97. The molecule has 0 aromatic heterocycles. The molecule has 0 bridgehead atoms. The van der Waals surface area contributed by atoms with Crippen LogP contribution in [-0.4, -0.2) is 29.2 Å². The minimum Gasteiger partial charge on any atom is -0.319 e. The molecular formula is C24H22N2O3. The summed E-state index contributed by atoms with van der Waals surface area (Å²) in [7, 11) is 0. The molecule has 1 saturated heterocycles. The van der Waals surface area contributed by atoms with Gasteiger partial charge in [0.05, 0.1) is 6.54 Å². The van der Waals surface area contributed by atoms with Gasteiger partial charge in [0.1, 0.15) is 5.54 Å². The van der Waals surface area contributed by atoms with E-state index in [1.165, 1.54) is 0 Å². The van der Waals surface area contributed by atoms with Gasteiger partial charge in [-0.25, -0.2) is 4.79 Å². The number of nitrogens with one attached hydrogen (secondary N) is 1. The van der Waals surface area contributed by atoms with Crippen LogP contribution in [0.15, 0.2) is 66.7 Å². The SMILES string of the molecule is CCc1ccc(C(=O)CN2C(=O)NC(C)(c3cccc4ccccc34)C2=O)cc1. The van der Waals surface area contributed by atoms with Crippen molar-refractivity contribution in [3.63, 3.8) is 0 Å². The molecule has 5 nitrogen and oxygen atoms in total. The van der Waals surface area contributed by atoms with E-state index in [0.29, 0.717) is 5.56 Å². The second kappa shape index (κ2) is 7.17. The Bertz CT molecular complexity index is 1120. The number of amides is 3. The lowest BCUT2D eigenvalue weighted by Gasteiger charge is -2.24. The molecular weight excluding hydrogens is 364 g/mol. The normalized spacial score (nSPS) is 18.9. The summed E-state index contributed by atoms with van der Waals surface area (Å²) in [5.41, 5.74) is 1.11. The van der Waals surface area contributed by atoms with Gasteiger partial charge in [-0.3, -0.25) is 14.5 Å². The number of imide groups is 1. The largest absolute Gasteiger partial charge is 0.325 e. The third-order valence-electron chi connectivity index (χ3n) is 5.59. The molecule has 1 N–H and O–H groups in total. The molecule has 0 saturated carbocycles. The third-order valence-corrected chi connectivity index (χ3v) is 5.59. The minimum atomic E-state index is -1.22. The van der Waals surface area contributed by atoms with Crippen LogP contribution in [0.25, 0.3) is 10.8 Å². The first-order valence-electron chi connectivity index (χ1n) is 9.68. The Balaban J connectivity index is 1.63. The van der Waals surface area contributed by atoms with E-state index in [1.54, 1.807) is 19.1 Å². The molecule has 1 unspecified atom stereocenters. The predicted octanol–water partition coefficient (Wildman–Crippen LogP) is 4.05. The Morgan fingerprint density at radius 2 is 1.66 bits per heavy atom. The highest BCUT2D eigenvalue weighted by Gasteiger charge is 2.50. The van der Waals surface area contributed by atoms with Crippen molar-refractivity contribution in [1.29, 1.82) is 0 Å². The number of aryl methyl sites for hydroxylation is 1. The average molecular weight is 386 g/mol. The van der Waals surface area contributed by atoms with E-state index >= 15 is 0 Å². The summed E-state index contributed by atoms with van der Waals surface area (Å²) in [5.74, 6) is -0.685. The summed E-state index contributed by atoms with van der Waals surface area (Å²) in [6, 6.07) is 20.1. The van der Waals surface area contributed by atoms with Crippen LogP contribution in [0.4, 0.5) is 4.79 Å². The van der Waals surface area contributed by atoms with Crippen LogP contribution >= 0.6 is 0 Å². The van der Waals surface area contributed by atoms with Crippen LogP contribution in [0.3, 0.4) is 0 Å². The zero-order chi connectivity index (χ0) is 20.6. The van der Waals surface area contributed by atoms with E-state index < -0.39 is 17.5 Å². The van der Waals surface area contributed by atoms with Gasteiger partial charge >= 0.3 is 6.03 Å². The summed E-state index contributed by atoms with van der Waals surface area (Å²) >= 11 is 0. The van der Waals surface area contributed by atoms with Gasteiger partial charge < -0.3 is 5.32 Å². The molecule has 5 heteroatoms. The second-order valence-electron chi connectivity index (χ2n) is 7.45. The number of nitrogens with zero attached hydrogens (tertiary/aromatic N) is 1. The molecule has 4 rings (SSSR count). The lowest BCUT2D eigenvalue weighted by Crippen LogP contribution is -2.41. The van der Waals surface area contributed by atoms with Crippen LogP contribution < -0.4 is 5.32 Å². The lowest BCUT2D eigenvalue weighted by atomic mass is 9.88. The van der Waals surface area contributed by atoms with Crippen molar-refractivity contribution in [2.24, 2.45) is 0 Å². The van der Waals surface area contributed by atoms with Crippen molar-refractivity contribution in [2.75, 3.05) is 6.54 Å². The standard InChI is InChI=1S/C24H22N2O3/c1-3-16-11-13-18(14-12-16)21(27)15-26-22(28)24(2,25-23(26)29)20-10-6-8-17-7-4-5-9-19(17)20/h4-14H,3,15H2,1-2H3,(H,25,29). The van der Waals surface area contributed by atoms with Gasteiger partial charge in [0.2, 0.25) is 0 Å². The molecule has 29 heavy (non-hydrogen) atoms. The minimum absolute atomic E-state index is 0.265. The maximum atomic E-state index is 13.2. The fourth-order valence-corrected chi connectivity index (χ4v) is 3.85. The summed E-state index contributed by atoms with van der Waals surface area (Å²) < 4.78 is 0. The number of ketones is 1. The summed E-state index contributed by atoms with van der Waals surface area (Å²) in [6.07, 6.45) is 0.880. The summed E-state index contributed by atoms with van der Waals surface area (Å²) in [6.45, 7) is 3.45. The van der Waals surface area contributed by atoms with Crippen LogP contribution in [0.5, 0.6) is 0 Å². The van der Waals surface area contributed by atoms with Crippen LogP contribution in [0.1, 0.15) is 35.3 Å². The van der Waals surface area contributed by atoms with Gasteiger partial charge in [-0.2, -0.15) is 0 Å². The van der Waals surface area contributed by atoms with E-state index in [-0.39, 0.29) is 12.3 Å². The Morgan fingerprint density at radius 3 is 2.38 bits per heavy atom. The number of urea groups is 1. The molecule has 0 radical (unpaired) electrons. The first-order chi connectivity index (χ1) is 13.9. The Hall–Kier alpha value is -3.47. The number of benzene rings is 3. The topological polar surface area (TPSA) is 66.5 Å². The molecule has 3 aromatic rings. The molecule has 1 aliphatic rings. The van der Waals surface area contributed by atoms with Crippen molar-refractivity contribution in [1.82, 2.24) is 10.2 Å². The molecule has 0 aliphatic carbocycles. The van der Waals surface area contributed by atoms with Crippen LogP contribution in [0, 0.1) is 0 Å². The Morgan fingerprint density at radius 1 is 0.966 bits per heavy atom. The van der Waals surface area contributed by atoms with Gasteiger partial charge in [-0.1, -0.05) is 73.7 Å². The van der Waals surface area contributed by atoms with E-state index in [2.05, 4.69) is 5.32 Å². The van der Waals surface area contributed by atoms with E-state index in [0.717, 1.165) is 33.2 Å². The maximum Gasteiger partial charge on any atom is 0.325 e. The number of Topliss-reactive ketones (excluding diaryl/α,β-unsaturated/α-hetero) is 1. The van der Waals surface area contributed by atoms with Crippen molar-refractivity contribution >= 4 is 28.5 Å². The molecule has 0 spiro atoms. The summed E-state index contributed by atoms with van der Waals surface area (Å²) in [4.78, 5) is 39.5. The lowest BCUT2D eigenvalue weighted by molar-refractivity contribution is -0.130. The van der Waals surface area contributed by atoms with Crippen molar-refractivity contribution in [2.45, 2.75) is 25.8 Å². The van der Waals surface area contributed by atoms with Crippen molar-refractivity contribution in [3.05, 3.63) is 83.4 Å². The van der Waals surface area contributed by atoms with Crippen LogP contribution in [0.2, 0.25) is 0 Å². The molecule has 146 valence electrons. The number of hydrogen-bond donors (Lipinski definition) is 1. The maximum absolute atomic E-state index is 13.2. The van der Waals surface area contributed by atoms with Gasteiger partial charge in [-0.15, -0.1) is 0 Å². The second-order valence-corrected chi connectivity index (χ2v) is 7.45. The van der Waals surface area contributed by atoms with E-state index in [1.807, 2.05) is 61.5 Å². The molecule has 1 fully saturated rings. The number of rotatable bonds is 5. The van der Waals surface area contributed by atoms with Crippen LogP contribution in [-0.2, 0) is 16.8 Å². The Labute approximate surface area is 169 Å². The highest BCUT2D eigenvalue weighted by atomic mass is 16.2. The van der Waals surface area contributed by atoms with Gasteiger partial charge in [0, 0.05) is 5.56 Å². The zero-order valence-electron chi connectivity index (χ0n) is 16.4. The third kappa shape index (κ3) is 3.18. The van der Waals surface area contributed by atoms with Gasteiger partial charge in [0.25, 0.3) is 5.91 Å². The monoisotopic (exact) mass is 386 g/mol. The molecule has 1 heterocycles. The fourth-order valence-electron chi connectivity index (χ4n) is 3.85. The number of carbonyl (C=O) groups excluding carboxylic acids is 3. The van der Waals surface area contributed by atoms with E-state index in [4.69, 9.17) is 0 Å². The number of carbonyl (C=O) groups is 3. The van der Waals surface area contributed by atoms with Gasteiger partial charge in [0.15, 0.2) is 5.78 Å². The molecule has 3 aromatic carbocycles. The predicted molar refractivity (Wildman–Crippen MR) is 112 cm³/mol. The number of fused-ring (bicyclic) bond motifs is 1. The van der Waals surface area contributed by atoms with Crippen molar-refractivity contribution < 1.29 is 14.4 Å². The number of hydrogen-bond acceptors (Lipinski definition) is 3. The highest BCUT2D eigenvalue weighted by Crippen LogP contribution is 2.33. The first-order valence-corrected chi connectivity index (χ1v) is 9.68.